The molecule has 5 rings (SSSR count). The van der Waals surface area contributed by atoms with E-state index in [1.165, 1.54) is 4.31 Å². The summed E-state index contributed by atoms with van der Waals surface area (Å²) in [7, 11) is -0.377. The van der Waals surface area contributed by atoms with Crippen LogP contribution in [0.5, 0.6) is 11.5 Å². The van der Waals surface area contributed by atoms with E-state index in [1.807, 2.05) is 48.5 Å². The van der Waals surface area contributed by atoms with Gasteiger partial charge in [-0.05, 0) is 67.6 Å². The minimum absolute atomic E-state index is 0.0955. The highest BCUT2D eigenvalue weighted by Crippen LogP contribution is 2.29. The van der Waals surface area contributed by atoms with Crippen LogP contribution in [0, 0.1) is 0 Å². The van der Waals surface area contributed by atoms with Crippen LogP contribution in [-0.2, 0) is 10.0 Å². The van der Waals surface area contributed by atoms with Crippen LogP contribution in [0.4, 0.5) is 11.5 Å². The van der Waals surface area contributed by atoms with E-state index in [4.69, 9.17) is 19.4 Å². The van der Waals surface area contributed by atoms with Gasteiger partial charge >= 0.3 is 0 Å². The lowest BCUT2D eigenvalue weighted by Crippen LogP contribution is -2.49. The molecule has 9 nitrogen and oxygen atoms in total. The summed E-state index contributed by atoms with van der Waals surface area (Å²) < 4.78 is 38.3. The Morgan fingerprint density at radius 1 is 0.816 bits per heavy atom. The number of hydrogen-bond donors (Lipinski definition) is 1. The van der Waals surface area contributed by atoms with Gasteiger partial charge in [-0.25, -0.2) is 18.4 Å². The Kier molecular flexibility index (Phi) is 7.46. The van der Waals surface area contributed by atoms with Crippen molar-refractivity contribution in [2.45, 2.75) is 17.9 Å². The van der Waals surface area contributed by atoms with Crippen molar-refractivity contribution in [3.8, 4) is 11.5 Å². The number of anilines is 2. The third-order valence-electron chi connectivity index (χ3n) is 6.87. The first kappa shape index (κ1) is 25.9. The molecule has 1 unspecified atom stereocenters. The Bertz CT molecular complexity index is 1500. The zero-order chi connectivity index (χ0) is 26.7. The summed E-state index contributed by atoms with van der Waals surface area (Å²) in [6, 6.07) is 22.0. The number of sulfonamides is 1. The molecule has 0 radical (unpaired) electrons. The van der Waals surface area contributed by atoms with Gasteiger partial charge in [-0.2, -0.15) is 4.31 Å². The van der Waals surface area contributed by atoms with Crippen molar-refractivity contribution < 1.29 is 17.9 Å². The molecular formula is C28H31N5O4S. The van der Waals surface area contributed by atoms with Crippen LogP contribution in [0.1, 0.15) is 18.8 Å². The van der Waals surface area contributed by atoms with E-state index in [2.05, 4.69) is 17.1 Å². The number of hydrogen-bond acceptors (Lipinski definition) is 8. The SMILES string of the molecule is COc1ccc(Nc2nc(C(C)N3CCN(S(=O)(=O)c4ccc(OC)cc4)CC3)nc3ccccc23)cc1. The second-order valence-electron chi connectivity index (χ2n) is 9.09. The van der Waals surface area contributed by atoms with Crippen molar-refractivity contribution in [1.29, 1.82) is 0 Å². The van der Waals surface area contributed by atoms with Gasteiger partial charge in [0.2, 0.25) is 10.0 Å². The van der Waals surface area contributed by atoms with E-state index in [1.54, 1.807) is 38.5 Å². The fraction of sp³-hybridized carbons (Fsp3) is 0.286. The third-order valence-corrected chi connectivity index (χ3v) is 8.78. The minimum atomic E-state index is -3.58. The third kappa shape index (κ3) is 5.28. The fourth-order valence-electron chi connectivity index (χ4n) is 4.58. The predicted octanol–water partition coefficient (Wildman–Crippen LogP) is 4.46. The molecule has 0 spiro atoms. The molecular weight excluding hydrogens is 502 g/mol. The van der Waals surface area contributed by atoms with Crippen molar-refractivity contribution in [3.05, 3.63) is 78.6 Å². The molecule has 38 heavy (non-hydrogen) atoms. The molecule has 1 N–H and O–H groups in total. The Morgan fingerprint density at radius 2 is 1.42 bits per heavy atom. The summed E-state index contributed by atoms with van der Waals surface area (Å²) in [4.78, 5) is 12.3. The quantitative estimate of drug-likeness (QED) is 0.355. The topological polar surface area (TPSA) is 96.9 Å². The molecule has 1 fully saturated rings. The number of rotatable bonds is 8. The van der Waals surface area contributed by atoms with Crippen molar-refractivity contribution in [2.75, 3.05) is 45.7 Å². The maximum Gasteiger partial charge on any atom is 0.243 e. The van der Waals surface area contributed by atoms with Crippen LogP contribution in [0.15, 0.2) is 77.7 Å². The molecule has 0 saturated carbocycles. The first-order valence-corrected chi connectivity index (χ1v) is 13.9. The maximum atomic E-state index is 13.2. The van der Waals surface area contributed by atoms with Gasteiger partial charge < -0.3 is 14.8 Å². The Hall–Kier alpha value is -3.73. The first-order valence-electron chi connectivity index (χ1n) is 12.4. The van der Waals surface area contributed by atoms with E-state index in [-0.39, 0.29) is 10.9 Å². The van der Waals surface area contributed by atoms with E-state index in [9.17, 15) is 8.42 Å². The van der Waals surface area contributed by atoms with Crippen LogP contribution in [0.25, 0.3) is 10.9 Å². The van der Waals surface area contributed by atoms with Gasteiger partial charge in [0.25, 0.3) is 0 Å². The number of fused-ring (bicyclic) bond motifs is 1. The Balaban J connectivity index is 1.33. The highest BCUT2D eigenvalue weighted by atomic mass is 32.2. The van der Waals surface area contributed by atoms with Gasteiger partial charge in [0.05, 0.1) is 30.7 Å². The monoisotopic (exact) mass is 533 g/mol. The number of ether oxygens (including phenoxy) is 2. The number of benzene rings is 3. The van der Waals surface area contributed by atoms with E-state index in [0.29, 0.717) is 37.8 Å². The lowest BCUT2D eigenvalue weighted by atomic mass is 10.2. The lowest BCUT2D eigenvalue weighted by Gasteiger charge is -2.36. The molecule has 0 amide bonds. The Labute approximate surface area is 223 Å². The molecule has 1 saturated heterocycles. The average Bonchev–Trinajstić information content (AvgIpc) is 2.97. The molecule has 1 aliphatic heterocycles. The summed E-state index contributed by atoms with van der Waals surface area (Å²) in [6.45, 7) is 4.00. The largest absolute Gasteiger partial charge is 0.497 e. The van der Waals surface area contributed by atoms with Gasteiger partial charge in [0.15, 0.2) is 0 Å². The standard InChI is InChI=1S/C28H31N5O4S/c1-20(32-16-18-33(19-17-32)38(34,35)24-14-12-23(37-3)13-15-24)27-30-26-7-5-4-6-25(26)28(31-27)29-21-8-10-22(36-2)11-9-21/h4-15,20H,16-19H2,1-3H3,(H,29,30,31). The van der Waals surface area contributed by atoms with Gasteiger partial charge in [0.1, 0.15) is 23.1 Å². The van der Waals surface area contributed by atoms with Gasteiger partial charge in [-0.3, -0.25) is 4.90 Å². The van der Waals surface area contributed by atoms with Crippen molar-refractivity contribution in [3.63, 3.8) is 0 Å². The van der Waals surface area contributed by atoms with Crippen LogP contribution in [0.2, 0.25) is 0 Å². The van der Waals surface area contributed by atoms with Crippen LogP contribution in [-0.4, -0.2) is 68.0 Å². The number of nitrogens with zero attached hydrogens (tertiary/aromatic N) is 4. The van der Waals surface area contributed by atoms with E-state index >= 15 is 0 Å². The van der Waals surface area contributed by atoms with Crippen molar-refractivity contribution >= 4 is 32.4 Å². The smallest absolute Gasteiger partial charge is 0.243 e. The molecule has 10 heteroatoms. The zero-order valence-electron chi connectivity index (χ0n) is 21.7. The van der Waals surface area contributed by atoms with Gasteiger partial charge in [-0.15, -0.1) is 0 Å². The summed E-state index contributed by atoms with van der Waals surface area (Å²) in [6.07, 6.45) is 0. The normalized spacial score (nSPS) is 15.8. The first-order chi connectivity index (χ1) is 18.4. The fourth-order valence-corrected chi connectivity index (χ4v) is 6.00. The zero-order valence-corrected chi connectivity index (χ0v) is 22.5. The molecule has 1 aromatic heterocycles. The van der Waals surface area contributed by atoms with Crippen LogP contribution < -0.4 is 14.8 Å². The van der Waals surface area contributed by atoms with Gasteiger partial charge in [0, 0.05) is 37.3 Å². The van der Waals surface area contributed by atoms with Crippen molar-refractivity contribution in [2.24, 2.45) is 0 Å². The molecule has 4 aromatic rings. The summed E-state index contributed by atoms with van der Waals surface area (Å²) in [5, 5.41) is 4.35. The highest BCUT2D eigenvalue weighted by molar-refractivity contribution is 7.89. The molecule has 2 heterocycles. The number of methoxy groups -OCH3 is 2. The molecule has 0 aliphatic carbocycles. The second kappa shape index (κ2) is 10.9. The number of piperazine rings is 1. The molecule has 1 aliphatic rings. The minimum Gasteiger partial charge on any atom is -0.497 e. The second-order valence-corrected chi connectivity index (χ2v) is 11.0. The van der Waals surface area contributed by atoms with E-state index in [0.717, 1.165) is 28.2 Å². The number of aromatic nitrogens is 2. The number of para-hydroxylation sites is 1. The average molecular weight is 534 g/mol. The van der Waals surface area contributed by atoms with Gasteiger partial charge in [-0.1, -0.05) is 12.1 Å². The maximum absolute atomic E-state index is 13.2. The summed E-state index contributed by atoms with van der Waals surface area (Å²) in [5.41, 5.74) is 1.74. The van der Waals surface area contributed by atoms with Crippen LogP contribution in [0.3, 0.4) is 0 Å². The molecule has 1 atom stereocenters. The van der Waals surface area contributed by atoms with Crippen molar-refractivity contribution in [1.82, 2.24) is 19.2 Å². The summed E-state index contributed by atoms with van der Waals surface area (Å²) in [5.74, 6) is 2.82. The molecule has 3 aromatic carbocycles. The van der Waals surface area contributed by atoms with Crippen LogP contribution >= 0.6 is 0 Å². The predicted molar refractivity (Wildman–Crippen MR) is 148 cm³/mol. The van der Waals surface area contributed by atoms with E-state index < -0.39 is 10.0 Å². The molecule has 198 valence electrons. The molecule has 0 bridgehead atoms. The lowest BCUT2D eigenvalue weighted by molar-refractivity contribution is 0.141. The Morgan fingerprint density at radius 3 is 2.05 bits per heavy atom. The highest BCUT2D eigenvalue weighted by Gasteiger charge is 2.31. The summed E-state index contributed by atoms with van der Waals surface area (Å²) >= 11 is 0. The number of nitrogens with one attached hydrogen (secondary N) is 1.